The largest absolute Gasteiger partial charge is 0.493 e. The second-order valence-corrected chi connectivity index (χ2v) is 4.08. The van der Waals surface area contributed by atoms with E-state index in [9.17, 15) is 8.78 Å². The summed E-state index contributed by atoms with van der Waals surface area (Å²) in [5.74, 6) is 0.669. The van der Waals surface area contributed by atoms with Crippen molar-refractivity contribution in [1.82, 2.24) is 0 Å². The lowest BCUT2D eigenvalue weighted by atomic mass is 10.2. The number of alkyl halides is 3. The van der Waals surface area contributed by atoms with Gasteiger partial charge < -0.3 is 4.74 Å². The third-order valence-electron chi connectivity index (χ3n) is 1.77. The summed E-state index contributed by atoms with van der Waals surface area (Å²) in [5, 5.41) is 0. The normalized spacial score (nSPS) is 10.7. The van der Waals surface area contributed by atoms with Crippen LogP contribution in [0.3, 0.4) is 0 Å². The third kappa shape index (κ3) is 3.61. The first-order chi connectivity index (χ1) is 7.16. The van der Waals surface area contributed by atoms with Gasteiger partial charge in [-0.3, -0.25) is 0 Å². The minimum absolute atomic E-state index is 0.105. The molecule has 1 nitrogen and oxygen atoms in total. The first-order valence-corrected chi connectivity index (χ1v) is 5.75. The maximum atomic E-state index is 12.7. The zero-order valence-corrected chi connectivity index (χ0v) is 10.2. The van der Waals surface area contributed by atoms with Crippen LogP contribution in [0.1, 0.15) is 18.4 Å². The van der Waals surface area contributed by atoms with Gasteiger partial charge in [0.1, 0.15) is 5.75 Å². The summed E-state index contributed by atoms with van der Waals surface area (Å²) in [6.45, 7) is 0.347. The van der Waals surface area contributed by atoms with Crippen LogP contribution in [0.4, 0.5) is 8.78 Å². The van der Waals surface area contributed by atoms with Gasteiger partial charge in [-0.2, -0.15) is 0 Å². The van der Waals surface area contributed by atoms with Gasteiger partial charge in [0.25, 0.3) is 6.43 Å². The van der Waals surface area contributed by atoms with Gasteiger partial charge in [-0.15, -0.1) is 11.6 Å². The Hall–Kier alpha value is -0.350. The van der Waals surface area contributed by atoms with Gasteiger partial charge in [0, 0.05) is 10.4 Å². The van der Waals surface area contributed by atoms with E-state index in [0.29, 0.717) is 23.4 Å². The molecule has 1 aromatic rings. The standard InChI is InChI=1S/C10H10BrClF2O/c11-7-3-1-4-8(9(7)10(13)14)15-6-2-5-12/h1,3-4,10H,2,5-6H2. The number of rotatable bonds is 5. The molecule has 0 fully saturated rings. The minimum Gasteiger partial charge on any atom is -0.493 e. The smallest absolute Gasteiger partial charge is 0.268 e. The Balaban J connectivity index is 2.81. The van der Waals surface area contributed by atoms with Gasteiger partial charge in [-0.05, 0) is 18.6 Å². The number of ether oxygens (including phenoxy) is 1. The molecular formula is C10H10BrClF2O. The topological polar surface area (TPSA) is 9.23 Å². The quantitative estimate of drug-likeness (QED) is 0.578. The van der Waals surface area contributed by atoms with Crippen LogP contribution in [-0.2, 0) is 0 Å². The van der Waals surface area contributed by atoms with E-state index in [1.807, 2.05) is 0 Å². The van der Waals surface area contributed by atoms with E-state index >= 15 is 0 Å². The van der Waals surface area contributed by atoms with Crippen molar-refractivity contribution in [3.05, 3.63) is 28.2 Å². The molecule has 0 heterocycles. The molecule has 5 heteroatoms. The van der Waals surface area contributed by atoms with Crippen LogP contribution < -0.4 is 4.74 Å². The van der Waals surface area contributed by atoms with E-state index in [1.54, 1.807) is 12.1 Å². The summed E-state index contributed by atoms with van der Waals surface area (Å²) < 4.78 is 30.9. The Kier molecular flexibility index (Phi) is 5.32. The van der Waals surface area contributed by atoms with Crippen LogP contribution in [0.2, 0.25) is 0 Å². The highest BCUT2D eigenvalue weighted by Gasteiger charge is 2.17. The number of benzene rings is 1. The van der Waals surface area contributed by atoms with Gasteiger partial charge in [-0.25, -0.2) is 8.78 Å². The van der Waals surface area contributed by atoms with Crippen LogP contribution in [-0.4, -0.2) is 12.5 Å². The van der Waals surface area contributed by atoms with Crippen LogP contribution in [0, 0.1) is 0 Å². The molecular weight excluding hydrogens is 289 g/mol. The van der Waals surface area contributed by atoms with E-state index in [1.165, 1.54) is 6.07 Å². The molecule has 0 spiro atoms. The maximum Gasteiger partial charge on any atom is 0.268 e. The average Bonchev–Trinajstić information content (AvgIpc) is 2.17. The lowest BCUT2D eigenvalue weighted by Gasteiger charge is -2.11. The second kappa shape index (κ2) is 6.28. The van der Waals surface area contributed by atoms with Crippen molar-refractivity contribution in [2.75, 3.05) is 12.5 Å². The average molecular weight is 300 g/mol. The number of hydrogen-bond acceptors (Lipinski definition) is 1. The maximum absolute atomic E-state index is 12.7. The molecule has 84 valence electrons. The Labute approximate surface area is 101 Å². The molecule has 0 amide bonds. The van der Waals surface area contributed by atoms with E-state index in [4.69, 9.17) is 16.3 Å². The Morgan fingerprint density at radius 3 is 2.73 bits per heavy atom. The first-order valence-electron chi connectivity index (χ1n) is 4.42. The molecule has 0 unspecified atom stereocenters. The van der Waals surface area contributed by atoms with Gasteiger partial charge in [0.15, 0.2) is 0 Å². The van der Waals surface area contributed by atoms with Gasteiger partial charge in [0.05, 0.1) is 12.2 Å². The summed E-state index contributed by atoms with van der Waals surface area (Å²) in [5.41, 5.74) is -0.105. The summed E-state index contributed by atoms with van der Waals surface area (Å²) in [6, 6.07) is 4.75. The van der Waals surface area contributed by atoms with Gasteiger partial charge in [-0.1, -0.05) is 22.0 Å². The zero-order chi connectivity index (χ0) is 11.3. The SMILES string of the molecule is FC(F)c1c(Br)cccc1OCCCCl. The summed E-state index contributed by atoms with van der Waals surface area (Å²) >= 11 is 8.53. The fraction of sp³-hybridized carbons (Fsp3) is 0.400. The van der Waals surface area contributed by atoms with Gasteiger partial charge >= 0.3 is 0 Å². The van der Waals surface area contributed by atoms with E-state index < -0.39 is 6.43 Å². The first kappa shape index (κ1) is 12.7. The highest BCUT2D eigenvalue weighted by molar-refractivity contribution is 9.10. The van der Waals surface area contributed by atoms with Crippen molar-refractivity contribution in [2.24, 2.45) is 0 Å². The third-order valence-corrected chi connectivity index (χ3v) is 2.73. The van der Waals surface area contributed by atoms with Crippen LogP contribution >= 0.6 is 27.5 Å². The highest BCUT2D eigenvalue weighted by atomic mass is 79.9. The molecule has 0 aliphatic carbocycles. The zero-order valence-electron chi connectivity index (χ0n) is 7.85. The minimum atomic E-state index is -2.55. The van der Waals surface area contributed by atoms with Crippen LogP contribution in [0.5, 0.6) is 5.75 Å². The fourth-order valence-electron chi connectivity index (χ4n) is 1.09. The highest BCUT2D eigenvalue weighted by Crippen LogP contribution is 2.35. The molecule has 0 saturated heterocycles. The molecule has 0 bridgehead atoms. The second-order valence-electron chi connectivity index (χ2n) is 2.84. The van der Waals surface area contributed by atoms with E-state index in [-0.39, 0.29) is 11.3 Å². The van der Waals surface area contributed by atoms with Crippen molar-refractivity contribution in [1.29, 1.82) is 0 Å². The van der Waals surface area contributed by atoms with Crippen molar-refractivity contribution < 1.29 is 13.5 Å². The molecule has 0 atom stereocenters. The predicted octanol–water partition coefficient (Wildman–Crippen LogP) is 4.39. The summed E-state index contributed by atoms with van der Waals surface area (Å²) in [6.07, 6.45) is -1.91. The molecule has 0 aromatic heterocycles. The Bertz CT molecular complexity index is 320. The molecule has 0 N–H and O–H groups in total. The van der Waals surface area contributed by atoms with E-state index in [0.717, 1.165) is 0 Å². The number of hydrogen-bond donors (Lipinski definition) is 0. The molecule has 0 aliphatic heterocycles. The van der Waals surface area contributed by atoms with Crippen molar-refractivity contribution in [2.45, 2.75) is 12.8 Å². The van der Waals surface area contributed by atoms with Crippen molar-refractivity contribution in [3.63, 3.8) is 0 Å². The molecule has 15 heavy (non-hydrogen) atoms. The van der Waals surface area contributed by atoms with Gasteiger partial charge in [0.2, 0.25) is 0 Å². The molecule has 1 rings (SSSR count). The monoisotopic (exact) mass is 298 g/mol. The Morgan fingerprint density at radius 2 is 2.13 bits per heavy atom. The summed E-state index contributed by atoms with van der Waals surface area (Å²) in [4.78, 5) is 0. The van der Waals surface area contributed by atoms with E-state index in [2.05, 4.69) is 15.9 Å². The number of halogens is 4. The molecule has 1 aromatic carbocycles. The predicted molar refractivity (Wildman–Crippen MR) is 59.9 cm³/mol. The molecule has 0 radical (unpaired) electrons. The Morgan fingerprint density at radius 1 is 1.40 bits per heavy atom. The van der Waals surface area contributed by atoms with Crippen LogP contribution in [0.15, 0.2) is 22.7 Å². The van der Waals surface area contributed by atoms with Crippen molar-refractivity contribution in [3.8, 4) is 5.75 Å². The molecule has 0 aliphatic rings. The summed E-state index contributed by atoms with van der Waals surface area (Å²) in [7, 11) is 0. The van der Waals surface area contributed by atoms with Crippen molar-refractivity contribution >= 4 is 27.5 Å². The lowest BCUT2D eigenvalue weighted by Crippen LogP contribution is -2.01. The molecule has 0 saturated carbocycles. The fourth-order valence-corrected chi connectivity index (χ4v) is 1.72. The lowest BCUT2D eigenvalue weighted by molar-refractivity contribution is 0.144. The van der Waals surface area contributed by atoms with Crippen LogP contribution in [0.25, 0.3) is 0 Å².